The highest BCUT2D eigenvalue weighted by Gasteiger charge is 2.17. The van der Waals surface area contributed by atoms with Gasteiger partial charge in [-0.3, -0.25) is 14.9 Å². The first-order valence-electron chi connectivity index (χ1n) is 8.78. The maximum absolute atomic E-state index is 12.7. The summed E-state index contributed by atoms with van der Waals surface area (Å²) in [7, 11) is 1.51. The van der Waals surface area contributed by atoms with E-state index in [9.17, 15) is 9.59 Å². The molecule has 30 heavy (non-hydrogen) atoms. The topological polar surface area (TPSA) is 92.6 Å². The maximum Gasteiger partial charge on any atom is 0.291 e. The lowest BCUT2D eigenvalue weighted by Crippen LogP contribution is -2.34. The number of thiocarbonyl (C=S) groups is 1. The molecule has 154 valence electrons. The average Bonchev–Trinajstić information content (AvgIpc) is 3.22. The number of aryl methyl sites for hydroxylation is 1. The number of hydrogen-bond acceptors (Lipinski definition) is 5. The Balaban J connectivity index is 1.67. The Morgan fingerprint density at radius 2 is 1.77 bits per heavy atom. The Morgan fingerprint density at radius 1 is 1.03 bits per heavy atom. The first-order chi connectivity index (χ1) is 14.4. The second-order valence-electron chi connectivity index (χ2n) is 6.22. The number of hydrogen-bond donors (Lipinski definition) is 3. The van der Waals surface area contributed by atoms with Gasteiger partial charge in [0.2, 0.25) is 0 Å². The molecule has 2 amide bonds. The fraction of sp³-hybridized carbons (Fsp3) is 0.0952. The van der Waals surface area contributed by atoms with Crippen LogP contribution in [0.5, 0.6) is 5.75 Å². The second kappa shape index (κ2) is 9.55. The standard InChI is InChI=1S/C21H18BrN3O4S/c1-12-9-13(22)10-16(18(12)28-2)19(26)25-21(30)24-15-6-3-5-14(11-15)23-20(27)17-7-4-8-29-17/h3-11H,1-2H3,(H,23,27)(H2,24,25,26,30). The van der Waals surface area contributed by atoms with Gasteiger partial charge < -0.3 is 19.8 Å². The van der Waals surface area contributed by atoms with Crippen molar-refractivity contribution < 1.29 is 18.7 Å². The highest BCUT2D eigenvalue weighted by Crippen LogP contribution is 2.27. The highest BCUT2D eigenvalue weighted by atomic mass is 79.9. The van der Waals surface area contributed by atoms with Gasteiger partial charge in [0.25, 0.3) is 11.8 Å². The molecule has 0 radical (unpaired) electrons. The van der Waals surface area contributed by atoms with E-state index in [4.69, 9.17) is 21.4 Å². The molecule has 1 heterocycles. The number of nitrogens with one attached hydrogen (secondary N) is 3. The molecule has 0 atom stereocenters. The third-order valence-corrected chi connectivity index (χ3v) is 4.70. The van der Waals surface area contributed by atoms with Gasteiger partial charge >= 0.3 is 0 Å². The summed E-state index contributed by atoms with van der Waals surface area (Å²) in [6, 6.07) is 13.6. The molecule has 0 aliphatic rings. The van der Waals surface area contributed by atoms with Crippen molar-refractivity contribution in [3.05, 3.63) is 76.2 Å². The lowest BCUT2D eigenvalue weighted by atomic mass is 10.1. The Hall–Kier alpha value is -3.17. The Bertz CT molecular complexity index is 1100. The van der Waals surface area contributed by atoms with Crippen molar-refractivity contribution in [3.8, 4) is 5.75 Å². The minimum atomic E-state index is -0.406. The normalized spacial score (nSPS) is 10.2. The van der Waals surface area contributed by atoms with E-state index in [1.54, 1.807) is 42.5 Å². The van der Waals surface area contributed by atoms with Crippen molar-refractivity contribution >= 4 is 56.4 Å². The monoisotopic (exact) mass is 487 g/mol. The predicted molar refractivity (Wildman–Crippen MR) is 122 cm³/mol. The molecular weight excluding hydrogens is 470 g/mol. The van der Waals surface area contributed by atoms with Crippen molar-refractivity contribution in [1.82, 2.24) is 5.32 Å². The third-order valence-electron chi connectivity index (χ3n) is 4.04. The molecule has 1 aromatic heterocycles. The summed E-state index contributed by atoms with van der Waals surface area (Å²) in [5, 5.41) is 8.40. The van der Waals surface area contributed by atoms with Crippen LogP contribution in [0.3, 0.4) is 0 Å². The quantitative estimate of drug-likeness (QED) is 0.450. The lowest BCUT2D eigenvalue weighted by molar-refractivity contribution is 0.0972. The van der Waals surface area contributed by atoms with Crippen LogP contribution in [0.2, 0.25) is 0 Å². The molecule has 3 rings (SSSR count). The Morgan fingerprint density at radius 3 is 2.43 bits per heavy atom. The SMILES string of the molecule is COc1c(C)cc(Br)cc1C(=O)NC(=S)Nc1cccc(NC(=O)c2ccco2)c1. The van der Waals surface area contributed by atoms with Crippen LogP contribution in [0.25, 0.3) is 0 Å². The molecule has 3 aromatic rings. The molecular formula is C21H18BrN3O4S. The van der Waals surface area contributed by atoms with Crippen LogP contribution < -0.4 is 20.7 Å². The number of amides is 2. The van der Waals surface area contributed by atoms with Gasteiger partial charge in [-0.15, -0.1) is 0 Å². The van der Waals surface area contributed by atoms with E-state index in [1.807, 2.05) is 13.0 Å². The smallest absolute Gasteiger partial charge is 0.291 e. The van der Waals surface area contributed by atoms with Crippen LogP contribution in [0.1, 0.15) is 26.5 Å². The highest BCUT2D eigenvalue weighted by molar-refractivity contribution is 9.10. The van der Waals surface area contributed by atoms with E-state index < -0.39 is 5.91 Å². The first kappa shape index (κ1) is 21.5. The summed E-state index contributed by atoms with van der Waals surface area (Å²) in [6.07, 6.45) is 1.43. The van der Waals surface area contributed by atoms with Gasteiger partial charge in [0.05, 0.1) is 18.9 Å². The van der Waals surface area contributed by atoms with E-state index in [0.717, 1.165) is 10.0 Å². The zero-order chi connectivity index (χ0) is 21.7. The van der Waals surface area contributed by atoms with Crippen LogP contribution in [0.15, 0.2) is 63.7 Å². The Labute approximate surface area is 186 Å². The summed E-state index contributed by atoms with van der Waals surface area (Å²) in [6.45, 7) is 1.85. The van der Waals surface area contributed by atoms with Gasteiger partial charge in [0, 0.05) is 15.8 Å². The third kappa shape index (κ3) is 5.25. The Kier molecular flexibility index (Phi) is 6.86. The molecule has 3 N–H and O–H groups in total. The van der Waals surface area contributed by atoms with Crippen LogP contribution in [0, 0.1) is 6.92 Å². The molecule has 0 unspecified atom stereocenters. The van der Waals surface area contributed by atoms with E-state index in [-0.39, 0.29) is 16.8 Å². The van der Waals surface area contributed by atoms with Crippen molar-refractivity contribution in [2.24, 2.45) is 0 Å². The molecule has 0 spiro atoms. The predicted octanol–water partition coefficient (Wildman–Crippen LogP) is 4.74. The van der Waals surface area contributed by atoms with E-state index in [0.29, 0.717) is 22.7 Å². The molecule has 9 heteroatoms. The number of halogens is 1. The zero-order valence-corrected chi connectivity index (χ0v) is 18.5. The average molecular weight is 488 g/mol. The largest absolute Gasteiger partial charge is 0.496 e. The maximum atomic E-state index is 12.7. The van der Waals surface area contributed by atoms with Gasteiger partial charge in [0.1, 0.15) is 5.75 Å². The molecule has 7 nitrogen and oxygen atoms in total. The number of benzene rings is 2. The van der Waals surface area contributed by atoms with Crippen molar-refractivity contribution in [2.45, 2.75) is 6.92 Å². The van der Waals surface area contributed by atoms with Crippen LogP contribution >= 0.6 is 28.1 Å². The van der Waals surface area contributed by atoms with E-state index in [1.165, 1.54) is 13.4 Å². The van der Waals surface area contributed by atoms with Gasteiger partial charge in [0.15, 0.2) is 10.9 Å². The lowest BCUT2D eigenvalue weighted by Gasteiger charge is -2.14. The minimum absolute atomic E-state index is 0.106. The zero-order valence-electron chi connectivity index (χ0n) is 16.1. The first-order valence-corrected chi connectivity index (χ1v) is 9.99. The number of ether oxygens (including phenoxy) is 1. The van der Waals surface area contributed by atoms with E-state index >= 15 is 0 Å². The van der Waals surface area contributed by atoms with Crippen molar-refractivity contribution in [2.75, 3.05) is 17.7 Å². The van der Waals surface area contributed by atoms with Crippen molar-refractivity contribution in [1.29, 1.82) is 0 Å². The number of furan rings is 1. The molecule has 2 aromatic carbocycles. The minimum Gasteiger partial charge on any atom is -0.496 e. The number of carbonyl (C=O) groups is 2. The second-order valence-corrected chi connectivity index (χ2v) is 7.55. The number of methoxy groups -OCH3 is 1. The summed E-state index contributed by atoms with van der Waals surface area (Å²) >= 11 is 8.64. The van der Waals surface area contributed by atoms with Gasteiger partial charge in [-0.2, -0.15) is 0 Å². The van der Waals surface area contributed by atoms with E-state index in [2.05, 4.69) is 31.9 Å². The molecule has 0 fully saturated rings. The van der Waals surface area contributed by atoms with Crippen LogP contribution in [0.4, 0.5) is 11.4 Å². The summed E-state index contributed by atoms with van der Waals surface area (Å²) < 4.78 is 11.2. The van der Waals surface area contributed by atoms with Gasteiger partial charge in [-0.05, 0) is 67.2 Å². The molecule has 0 bridgehead atoms. The number of carbonyl (C=O) groups excluding carboxylic acids is 2. The van der Waals surface area contributed by atoms with Crippen molar-refractivity contribution in [3.63, 3.8) is 0 Å². The number of anilines is 2. The van der Waals surface area contributed by atoms with Gasteiger partial charge in [-0.25, -0.2) is 0 Å². The summed E-state index contributed by atoms with van der Waals surface area (Å²) in [5.74, 6) is -0.100. The van der Waals surface area contributed by atoms with Crippen LogP contribution in [-0.2, 0) is 0 Å². The fourth-order valence-corrected chi connectivity index (χ4v) is 3.56. The summed E-state index contributed by atoms with van der Waals surface area (Å²) in [5.41, 5.74) is 2.30. The molecule has 0 saturated carbocycles. The molecule has 0 aliphatic heterocycles. The molecule has 0 aliphatic carbocycles. The number of rotatable bonds is 5. The van der Waals surface area contributed by atoms with Crippen LogP contribution in [-0.4, -0.2) is 24.0 Å². The van der Waals surface area contributed by atoms with Gasteiger partial charge in [-0.1, -0.05) is 22.0 Å². The fourth-order valence-electron chi connectivity index (χ4n) is 2.78. The molecule has 0 saturated heterocycles. The summed E-state index contributed by atoms with van der Waals surface area (Å²) in [4.78, 5) is 24.8.